The maximum atomic E-state index is 12.0. The maximum Gasteiger partial charge on any atom is 0.223 e. The molecule has 1 saturated heterocycles. The van der Waals surface area contributed by atoms with Crippen LogP contribution in [0, 0.1) is 0 Å². The summed E-state index contributed by atoms with van der Waals surface area (Å²) in [6.07, 6.45) is 7.83. The van der Waals surface area contributed by atoms with E-state index >= 15 is 0 Å². The minimum Gasteiger partial charge on any atom is -0.343 e. The number of piperidine rings is 1. The lowest BCUT2D eigenvalue weighted by Gasteiger charge is -2.27. The van der Waals surface area contributed by atoms with Crippen molar-refractivity contribution < 1.29 is 13.2 Å². The van der Waals surface area contributed by atoms with Crippen LogP contribution in [0.2, 0.25) is 0 Å². The van der Waals surface area contributed by atoms with Crippen molar-refractivity contribution in [2.75, 3.05) is 25.9 Å². The molecule has 1 saturated carbocycles. The van der Waals surface area contributed by atoms with E-state index in [-0.39, 0.29) is 17.2 Å². The van der Waals surface area contributed by atoms with Gasteiger partial charge >= 0.3 is 0 Å². The highest BCUT2D eigenvalue weighted by Gasteiger charge is 2.34. The summed E-state index contributed by atoms with van der Waals surface area (Å²) in [6, 6.07) is 0.0270. The van der Waals surface area contributed by atoms with Crippen LogP contribution in [0.5, 0.6) is 0 Å². The zero-order valence-electron chi connectivity index (χ0n) is 12.3. The quantitative estimate of drug-likeness (QED) is 0.821. The Morgan fingerprint density at radius 2 is 1.85 bits per heavy atom. The fourth-order valence-electron chi connectivity index (χ4n) is 3.34. The van der Waals surface area contributed by atoms with Gasteiger partial charge in [0.15, 0.2) is 9.84 Å². The lowest BCUT2D eigenvalue weighted by Crippen LogP contribution is -2.42. The van der Waals surface area contributed by atoms with Crippen molar-refractivity contribution in [3.63, 3.8) is 0 Å². The van der Waals surface area contributed by atoms with E-state index in [1.54, 1.807) is 0 Å². The van der Waals surface area contributed by atoms with Crippen LogP contribution in [0.25, 0.3) is 0 Å². The number of nitrogens with zero attached hydrogens (tertiary/aromatic N) is 1. The third kappa shape index (κ3) is 4.19. The maximum absolute atomic E-state index is 12.0. The molecule has 2 atom stereocenters. The van der Waals surface area contributed by atoms with Crippen LogP contribution in [0.3, 0.4) is 0 Å². The smallest absolute Gasteiger partial charge is 0.223 e. The number of hydrogen-bond donors (Lipinski definition) is 1. The van der Waals surface area contributed by atoms with Gasteiger partial charge in [-0.2, -0.15) is 0 Å². The Morgan fingerprint density at radius 1 is 1.15 bits per heavy atom. The average molecular weight is 302 g/mol. The van der Waals surface area contributed by atoms with Gasteiger partial charge in [0.05, 0.1) is 5.25 Å². The first-order chi connectivity index (χ1) is 9.48. The predicted molar refractivity (Wildman–Crippen MR) is 79.3 cm³/mol. The van der Waals surface area contributed by atoms with E-state index in [1.165, 1.54) is 12.7 Å². The summed E-state index contributed by atoms with van der Waals surface area (Å²) in [5, 5.41) is 3.01. The molecule has 1 aliphatic heterocycles. The van der Waals surface area contributed by atoms with Gasteiger partial charge in [-0.25, -0.2) is 8.42 Å². The Bertz CT molecular complexity index is 430. The van der Waals surface area contributed by atoms with Gasteiger partial charge in [-0.15, -0.1) is 0 Å². The van der Waals surface area contributed by atoms with Crippen molar-refractivity contribution >= 4 is 15.7 Å². The second-order valence-corrected chi connectivity index (χ2v) is 8.32. The molecule has 1 amide bonds. The molecule has 2 rings (SSSR count). The van der Waals surface area contributed by atoms with Gasteiger partial charge in [0, 0.05) is 38.4 Å². The van der Waals surface area contributed by atoms with E-state index in [1.807, 2.05) is 4.90 Å². The number of carbonyl (C=O) groups excluding carboxylic acids is 1. The molecule has 2 fully saturated rings. The van der Waals surface area contributed by atoms with Crippen molar-refractivity contribution in [1.82, 2.24) is 10.2 Å². The van der Waals surface area contributed by atoms with Crippen LogP contribution in [0.4, 0.5) is 0 Å². The van der Waals surface area contributed by atoms with Gasteiger partial charge in [-0.3, -0.25) is 4.79 Å². The molecule has 1 heterocycles. The lowest BCUT2D eigenvalue weighted by molar-refractivity contribution is -0.132. The van der Waals surface area contributed by atoms with Crippen LogP contribution in [0.1, 0.15) is 44.9 Å². The Balaban J connectivity index is 1.73. The molecule has 116 valence electrons. The third-order valence-corrected chi connectivity index (χ3v) is 6.12. The van der Waals surface area contributed by atoms with Gasteiger partial charge in [-0.1, -0.05) is 6.42 Å². The molecule has 2 unspecified atom stereocenters. The largest absolute Gasteiger partial charge is 0.343 e. The molecule has 6 heteroatoms. The number of hydrogen-bond acceptors (Lipinski definition) is 4. The number of likely N-dealkylation sites (tertiary alicyclic amines) is 1. The SMILES string of the molecule is CS(=O)(=O)C1CCCC1NCCC(=O)N1CCCCC1. The first-order valence-corrected chi connectivity index (χ1v) is 9.64. The molecular formula is C14H26N2O3S. The molecule has 0 spiro atoms. The molecule has 0 aromatic carbocycles. The molecule has 0 radical (unpaired) electrons. The molecule has 5 nitrogen and oxygen atoms in total. The number of carbonyl (C=O) groups is 1. The van der Waals surface area contributed by atoms with Gasteiger partial charge in [-0.05, 0) is 32.1 Å². The van der Waals surface area contributed by atoms with Crippen molar-refractivity contribution in [1.29, 1.82) is 0 Å². The Morgan fingerprint density at radius 3 is 2.50 bits per heavy atom. The first-order valence-electron chi connectivity index (χ1n) is 7.68. The van der Waals surface area contributed by atoms with Crippen molar-refractivity contribution in [3.8, 4) is 0 Å². The highest BCUT2D eigenvalue weighted by Crippen LogP contribution is 2.25. The summed E-state index contributed by atoms with van der Waals surface area (Å²) < 4.78 is 23.3. The molecule has 20 heavy (non-hydrogen) atoms. The normalized spacial score (nSPS) is 27.8. The Hall–Kier alpha value is -0.620. The first kappa shape index (κ1) is 15.8. The summed E-state index contributed by atoms with van der Waals surface area (Å²) in [7, 11) is -2.98. The number of sulfone groups is 1. The summed E-state index contributed by atoms with van der Waals surface area (Å²) >= 11 is 0. The number of nitrogens with one attached hydrogen (secondary N) is 1. The fourth-order valence-corrected chi connectivity index (χ4v) is 4.76. The summed E-state index contributed by atoms with van der Waals surface area (Å²) in [5.74, 6) is 0.200. The average Bonchev–Trinajstić information content (AvgIpc) is 2.88. The minimum absolute atomic E-state index is 0.0270. The second-order valence-electron chi connectivity index (χ2n) is 6.05. The molecule has 0 bridgehead atoms. The molecule has 2 aliphatic rings. The van der Waals surface area contributed by atoms with Crippen molar-refractivity contribution in [2.24, 2.45) is 0 Å². The summed E-state index contributed by atoms with van der Waals surface area (Å²) in [5.41, 5.74) is 0. The van der Waals surface area contributed by atoms with E-state index in [0.717, 1.165) is 45.2 Å². The van der Waals surface area contributed by atoms with Gasteiger partial charge in [0.1, 0.15) is 0 Å². The number of rotatable bonds is 5. The molecule has 1 N–H and O–H groups in total. The molecular weight excluding hydrogens is 276 g/mol. The Labute approximate surface area is 122 Å². The van der Waals surface area contributed by atoms with Crippen LogP contribution >= 0.6 is 0 Å². The molecule has 0 aromatic rings. The van der Waals surface area contributed by atoms with E-state index in [9.17, 15) is 13.2 Å². The highest BCUT2D eigenvalue weighted by atomic mass is 32.2. The highest BCUT2D eigenvalue weighted by molar-refractivity contribution is 7.91. The minimum atomic E-state index is -2.98. The standard InChI is InChI=1S/C14H26N2O3S/c1-20(18,19)13-7-5-6-12(13)15-9-8-14(17)16-10-3-2-4-11-16/h12-13,15H,2-11H2,1H3. The molecule has 0 aromatic heterocycles. The van der Waals surface area contributed by atoms with E-state index in [0.29, 0.717) is 13.0 Å². The van der Waals surface area contributed by atoms with E-state index in [2.05, 4.69) is 5.32 Å². The van der Waals surface area contributed by atoms with Crippen LogP contribution in [-0.2, 0) is 14.6 Å². The Kier molecular flexibility index (Phi) is 5.43. The van der Waals surface area contributed by atoms with E-state index in [4.69, 9.17) is 0 Å². The zero-order valence-corrected chi connectivity index (χ0v) is 13.1. The van der Waals surface area contributed by atoms with Gasteiger partial charge in [0.25, 0.3) is 0 Å². The molecule has 1 aliphatic carbocycles. The van der Waals surface area contributed by atoms with Crippen LogP contribution in [0.15, 0.2) is 0 Å². The van der Waals surface area contributed by atoms with Crippen molar-refractivity contribution in [2.45, 2.75) is 56.2 Å². The van der Waals surface area contributed by atoms with Gasteiger partial charge in [0.2, 0.25) is 5.91 Å². The lowest BCUT2D eigenvalue weighted by atomic mass is 10.1. The monoisotopic (exact) mass is 302 g/mol. The van der Waals surface area contributed by atoms with Gasteiger partial charge < -0.3 is 10.2 Å². The van der Waals surface area contributed by atoms with Crippen molar-refractivity contribution in [3.05, 3.63) is 0 Å². The second kappa shape index (κ2) is 6.89. The van der Waals surface area contributed by atoms with Crippen LogP contribution in [-0.4, -0.2) is 56.4 Å². The summed E-state index contributed by atoms with van der Waals surface area (Å²) in [4.78, 5) is 14.0. The third-order valence-electron chi connectivity index (χ3n) is 4.46. The van der Waals surface area contributed by atoms with Crippen LogP contribution < -0.4 is 5.32 Å². The predicted octanol–water partition coefficient (Wildman–Crippen LogP) is 0.944. The number of amides is 1. The fraction of sp³-hybridized carbons (Fsp3) is 0.929. The summed E-state index contributed by atoms with van der Waals surface area (Å²) in [6.45, 7) is 2.36. The zero-order chi connectivity index (χ0) is 14.6. The van der Waals surface area contributed by atoms with E-state index < -0.39 is 9.84 Å². The topological polar surface area (TPSA) is 66.5 Å².